The average Bonchev–Trinajstić information content (AvgIpc) is 2.98. The number of hydrogen-bond donors (Lipinski definition) is 0. The molecule has 1 aromatic heterocycles. The standard InChI is InChI=1S/C16H19FN2O4/c1-11(12-8-6-5-7-9-12)19-13(10-14(17)18-19)15(20)16(21-2,22-3)23-4/h5-11H,1-4H3/t11-/m1/s1. The van der Waals surface area contributed by atoms with E-state index in [4.69, 9.17) is 14.2 Å². The van der Waals surface area contributed by atoms with E-state index in [9.17, 15) is 9.18 Å². The van der Waals surface area contributed by atoms with Gasteiger partial charge < -0.3 is 14.2 Å². The molecule has 2 rings (SSSR count). The van der Waals surface area contributed by atoms with Crippen molar-refractivity contribution in [2.45, 2.75) is 18.9 Å². The van der Waals surface area contributed by atoms with Crippen molar-refractivity contribution < 1.29 is 23.4 Å². The third kappa shape index (κ3) is 3.17. The number of methoxy groups -OCH3 is 3. The zero-order valence-electron chi connectivity index (χ0n) is 13.4. The molecular weight excluding hydrogens is 303 g/mol. The summed E-state index contributed by atoms with van der Waals surface area (Å²) in [6, 6.07) is 10.0. The number of hydrogen-bond acceptors (Lipinski definition) is 5. The molecule has 0 unspecified atom stereocenters. The first-order valence-electron chi connectivity index (χ1n) is 6.99. The minimum atomic E-state index is -1.94. The summed E-state index contributed by atoms with van der Waals surface area (Å²) in [6.45, 7) is 1.81. The van der Waals surface area contributed by atoms with Crippen LogP contribution in [0.4, 0.5) is 4.39 Å². The lowest BCUT2D eigenvalue weighted by Crippen LogP contribution is -2.45. The summed E-state index contributed by atoms with van der Waals surface area (Å²) in [5.74, 6) is -3.39. The highest BCUT2D eigenvalue weighted by molar-refractivity contribution is 5.99. The number of halogens is 1. The molecule has 2 aromatic rings. The molecule has 0 radical (unpaired) electrons. The lowest BCUT2D eigenvalue weighted by atomic mass is 10.1. The number of carbonyl (C=O) groups is 1. The fraction of sp³-hybridized carbons (Fsp3) is 0.375. The molecule has 1 atom stereocenters. The fourth-order valence-corrected chi connectivity index (χ4v) is 2.39. The van der Waals surface area contributed by atoms with Crippen LogP contribution in [0.15, 0.2) is 36.4 Å². The molecule has 0 saturated carbocycles. The first-order valence-corrected chi connectivity index (χ1v) is 6.99. The van der Waals surface area contributed by atoms with Crippen molar-refractivity contribution in [2.75, 3.05) is 21.3 Å². The van der Waals surface area contributed by atoms with Crippen LogP contribution in [0.25, 0.3) is 0 Å². The molecular formula is C16H19FN2O4. The van der Waals surface area contributed by atoms with E-state index in [0.29, 0.717) is 0 Å². The molecule has 0 saturated heterocycles. The molecule has 1 aromatic carbocycles. The summed E-state index contributed by atoms with van der Waals surface area (Å²) < 4.78 is 30.1. The minimum absolute atomic E-state index is 0.00981. The van der Waals surface area contributed by atoms with Crippen LogP contribution in [-0.2, 0) is 14.2 Å². The number of carbonyl (C=O) groups excluding carboxylic acids is 1. The van der Waals surface area contributed by atoms with Gasteiger partial charge in [0.15, 0.2) is 0 Å². The molecule has 23 heavy (non-hydrogen) atoms. The SMILES string of the molecule is COC(OC)(OC)C(=O)c1cc(F)nn1[C@H](C)c1ccccc1. The number of ketones is 1. The van der Waals surface area contributed by atoms with Gasteiger partial charge in [-0.2, -0.15) is 4.39 Å². The average molecular weight is 322 g/mol. The largest absolute Gasteiger partial charge is 0.352 e. The Morgan fingerprint density at radius 2 is 1.74 bits per heavy atom. The maximum absolute atomic E-state index is 13.7. The summed E-state index contributed by atoms with van der Waals surface area (Å²) in [7, 11) is 3.80. The third-order valence-electron chi connectivity index (χ3n) is 3.67. The normalized spacial score (nSPS) is 13.1. The lowest BCUT2D eigenvalue weighted by molar-refractivity contribution is -0.312. The van der Waals surface area contributed by atoms with E-state index < -0.39 is 17.7 Å². The Kier molecular flexibility index (Phi) is 5.25. The highest BCUT2D eigenvalue weighted by Crippen LogP contribution is 2.25. The van der Waals surface area contributed by atoms with Crippen LogP contribution in [0.2, 0.25) is 0 Å². The van der Waals surface area contributed by atoms with Crippen LogP contribution in [0.1, 0.15) is 29.0 Å². The highest BCUT2D eigenvalue weighted by atomic mass is 19.1. The van der Waals surface area contributed by atoms with E-state index in [1.807, 2.05) is 37.3 Å². The molecule has 0 bridgehead atoms. The molecule has 7 heteroatoms. The van der Waals surface area contributed by atoms with Crippen LogP contribution in [0.5, 0.6) is 0 Å². The van der Waals surface area contributed by atoms with Crippen LogP contribution in [0.3, 0.4) is 0 Å². The van der Waals surface area contributed by atoms with Crippen LogP contribution in [-0.4, -0.2) is 42.9 Å². The Labute approximate surface area is 133 Å². The van der Waals surface area contributed by atoms with Gasteiger partial charge in [0.1, 0.15) is 5.69 Å². The molecule has 0 aliphatic carbocycles. The highest BCUT2D eigenvalue weighted by Gasteiger charge is 2.43. The summed E-state index contributed by atoms with van der Waals surface area (Å²) in [5.41, 5.74) is 0.868. The Hall–Kier alpha value is -2.09. The van der Waals surface area contributed by atoms with E-state index in [1.165, 1.54) is 26.0 Å². The molecule has 0 amide bonds. The Balaban J connectivity index is 2.47. The van der Waals surface area contributed by atoms with Crippen molar-refractivity contribution in [1.82, 2.24) is 9.78 Å². The van der Waals surface area contributed by atoms with E-state index in [2.05, 4.69) is 5.10 Å². The second-order valence-corrected chi connectivity index (χ2v) is 4.88. The summed E-state index contributed by atoms with van der Waals surface area (Å²) >= 11 is 0. The van der Waals surface area contributed by atoms with Gasteiger partial charge in [0.05, 0.1) is 6.04 Å². The van der Waals surface area contributed by atoms with Crippen molar-refractivity contribution in [3.05, 3.63) is 53.6 Å². The maximum Gasteiger partial charge on any atom is 0.352 e. The van der Waals surface area contributed by atoms with E-state index in [-0.39, 0.29) is 11.7 Å². The van der Waals surface area contributed by atoms with Gasteiger partial charge in [-0.15, -0.1) is 5.10 Å². The quantitative estimate of drug-likeness (QED) is 0.578. The first-order chi connectivity index (χ1) is 11.0. The van der Waals surface area contributed by atoms with Crippen molar-refractivity contribution in [3.8, 4) is 0 Å². The molecule has 0 spiro atoms. The summed E-state index contributed by atoms with van der Waals surface area (Å²) in [5, 5.41) is 3.79. The molecule has 6 nitrogen and oxygen atoms in total. The predicted molar refractivity (Wildman–Crippen MR) is 80.5 cm³/mol. The van der Waals surface area contributed by atoms with Gasteiger partial charge in [-0.25, -0.2) is 0 Å². The molecule has 0 aliphatic heterocycles. The number of aromatic nitrogens is 2. The number of nitrogens with zero attached hydrogens (tertiary/aromatic N) is 2. The van der Waals surface area contributed by atoms with Gasteiger partial charge in [0.25, 0.3) is 5.78 Å². The number of rotatable bonds is 7. The van der Waals surface area contributed by atoms with Crippen molar-refractivity contribution in [3.63, 3.8) is 0 Å². The summed E-state index contributed by atoms with van der Waals surface area (Å²) in [4.78, 5) is 12.7. The first kappa shape index (κ1) is 17.3. The van der Waals surface area contributed by atoms with Crippen molar-refractivity contribution in [1.29, 1.82) is 0 Å². The van der Waals surface area contributed by atoms with Gasteiger partial charge in [-0.05, 0) is 12.5 Å². The molecule has 0 N–H and O–H groups in total. The molecule has 0 aliphatic rings. The monoisotopic (exact) mass is 322 g/mol. The van der Waals surface area contributed by atoms with Crippen LogP contribution < -0.4 is 0 Å². The maximum atomic E-state index is 13.7. The van der Waals surface area contributed by atoms with Gasteiger partial charge >= 0.3 is 5.97 Å². The van der Waals surface area contributed by atoms with Gasteiger partial charge in [-0.1, -0.05) is 30.3 Å². The fourth-order valence-electron chi connectivity index (χ4n) is 2.39. The van der Waals surface area contributed by atoms with Crippen molar-refractivity contribution in [2.24, 2.45) is 0 Å². The number of ether oxygens (including phenoxy) is 3. The predicted octanol–water partition coefficient (Wildman–Crippen LogP) is 2.41. The van der Waals surface area contributed by atoms with E-state index in [0.717, 1.165) is 11.6 Å². The van der Waals surface area contributed by atoms with Gasteiger partial charge in [0.2, 0.25) is 5.95 Å². The van der Waals surface area contributed by atoms with E-state index in [1.54, 1.807) is 0 Å². The topological polar surface area (TPSA) is 62.6 Å². The number of Topliss-reactive ketones (excluding diaryl/α,β-unsaturated/α-hetero) is 1. The molecule has 0 fully saturated rings. The number of benzene rings is 1. The molecule has 124 valence electrons. The Bertz CT molecular complexity index is 660. The van der Waals surface area contributed by atoms with Crippen LogP contribution >= 0.6 is 0 Å². The van der Waals surface area contributed by atoms with Crippen LogP contribution in [0, 0.1) is 5.95 Å². The van der Waals surface area contributed by atoms with E-state index >= 15 is 0 Å². The smallest absolute Gasteiger partial charge is 0.324 e. The zero-order valence-corrected chi connectivity index (χ0v) is 13.4. The van der Waals surface area contributed by atoms with Gasteiger partial charge in [0, 0.05) is 27.4 Å². The molecule has 1 heterocycles. The summed E-state index contributed by atoms with van der Waals surface area (Å²) in [6.07, 6.45) is 0. The Morgan fingerprint density at radius 1 is 1.17 bits per heavy atom. The minimum Gasteiger partial charge on any atom is -0.324 e. The van der Waals surface area contributed by atoms with Gasteiger partial charge in [-0.3, -0.25) is 9.48 Å². The zero-order chi connectivity index (χ0) is 17.0. The Morgan fingerprint density at radius 3 is 2.26 bits per heavy atom. The third-order valence-corrected chi connectivity index (χ3v) is 3.67. The second-order valence-electron chi connectivity index (χ2n) is 4.88. The second kappa shape index (κ2) is 6.99. The lowest BCUT2D eigenvalue weighted by Gasteiger charge is -2.27. The van der Waals surface area contributed by atoms with Crippen molar-refractivity contribution >= 4 is 5.78 Å².